The first-order valence-electron chi connectivity index (χ1n) is 6.77. The van der Waals surface area contributed by atoms with E-state index in [4.69, 9.17) is 4.42 Å². The summed E-state index contributed by atoms with van der Waals surface area (Å²) in [5.74, 6) is -0.248. The predicted octanol–water partition coefficient (Wildman–Crippen LogP) is 3.39. The van der Waals surface area contributed by atoms with E-state index in [2.05, 4.69) is 21.2 Å². The Morgan fingerprint density at radius 3 is 2.50 bits per heavy atom. The van der Waals surface area contributed by atoms with Crippen LogP contribution in [0.2, 0.25) is 0 Å². The van der Waals surface area contributed by atoms with Crippen LogP contribution in [0, 0.1) is 0 Å². The van der Waals surface area contributed by atoms with Crippen molar-refractivity contribution in [3.05, 3.63) is 80.1 Å². The Morgan fingerprint density at radius 1 is 1.00 bits per heavy atom. The van der Waals surface area contributed by atoms with Gasteiger partial charge in [0.25, 0.3) is 5.91 Å². The topological polar surface area (TPSA) is 59.3 Å². The monoisotopic (exact) mass is 355 g/mol. The average Bonchev–Trinajstić information content (AvgIpc) is 2.86. The summed E-state index contributed by atoms with van der Waals surface area (Å²) in [6.45, 7) is 0. The lowest BCUT2D eigenvalue weighted by Crippen LogP contribution is -2.21. The minimum atomic E-state index is -0.476. The third kappa shape index (κ3) is 1.89. The summed E-state index contributed by atoms with van der Waals surface area (Å²) in [5.41, 5.74) is 1.49. The molecule has 3 aromatic rings. The van der Waals surface area contributed by atoms with Gasteiger partial charge in [-0.2, -0.15) is 0 Å². The van der Waals surface area contributed by atoms with Gasteiger partial charge in [0.05, 0.1) is 17.0 Å². The number of amides is 1. The number of para-hydroxylation sites is 1. The highest BCUT2D eigenvalue weighted by molar-refractivity contribution is 9.10. The van der Waals surface area contributed by atoms with E-state index in [1.54, 1.807) is 24.3 Å². The lowest BCUT2D eigenvalue weighted by atomic mass is 9.99. The summed E-state index contributed by atoms with van der Waals surface area (Å²) in [6, 6.07) is 14.0. The second-order valence-electron chi connectivity index (χ2n) is 5.13. The average molecular weight is 356 g/mol. The van der Waals surface area contributed by atoms with Gasteiger partial charge in [-0.3, -0.25) is 9.59 Å². The molecule has 1 aliphatic rings. The number of halogens is 1. The largest absolute Gasteiger partial charge is 0.450 e. The van der Waals surface area contributed by atoms with Crippen molar-refractivity contribution in [2.75, 3.05) is 0 Å². The highest BCUT2D eigenvalue weighted by Gasteiger charge is 2.35. The molecule has 4 rings (SSSR count). The van der Waals surface area contributed by atoms with Gasteiger partial charge in [0.15, 0.2) is 5.43 Å². The number of hydrogen-bond acceptors (Lipinski definition) is 3. The quantitative estimate of drug-likeness (QED) is 0.727. The molecule has 1 aromatic heterocycles. The van der Waals surface area contributed by atoms with Gasteiger partial charge in [-0.25, -0.2) is 0 Å². The van der Waals surface area contributed by atoms with Gasteiger partial charge in [-0.15, -0.1) is 0 Å². The predicted molar refractivity (Wildman–Crippen MR) is 85.9 cm³/mol. The van der Waals surface area contributed by atoms with Crippen molar-refractivity contribution in [3.8, 4) is 0 Å². The Morgan fingerprint density at radius 2 is 1.73 bits per heavy atom. The van der Waals surface area contributed by atoms with Crippen LogP contribution in [0.4, 0.5) is 0 Å². The maximum Gasteiger partial charge on any atom is 0.288 e. The number of benzene rings is 2. The molecule has 0 aliphatic carbocycles. The smallest absolute Gasteiger partial charge is 0.288 e. The fourth-order valence-corrected chi connectivity index (χ4v) is 3.03. The van der Waals surface area contributed by atoms with Crippen LogP contribution >= 0.6 is 15.9 Å². The Kier molecular flexibility index (Phi) is 2.90. The number of fused-ring (bicyclic) bond motifs is 2. The second kappa shape index (κ2) is 4.81. The summed E-state index contributed by atoms with van der Waals surface area (Å²) in [7, 11) is 0. The van der Waals surface area contributed by atoms with Gasteiger partial charge < -0.3 is 9.73 Å². The zero-order valence-electron chi connectivity index (χ0n) is 11.3. The number of nitrogens with one attached hydrogen (secondary N) is 1. The van der Waals surface area contributed by atoms with Crippen molar-refractivity contribution in [2.45, 2.75) is 6.04 Å². The number of carbonyl (C=O) groups is 1. The Labute approximate surface area is 133 Å². The number of carbonyl (C=O) groups excluding carboxylic acids is 1. The molecule has 108 valence electrons. The Balaban J connectivity index is 1.99. The molecule has 1 aliphatic heterocycles. The molecule has 0 fully saturated rings. The SMILES string of the molecule is O=C1NC(c2ccc(Br)cc2)c2c1oc1ccccc1c2=O. The molecule has 2 aromatic carbocycles. The lowest BCUT2D eigenvalue weighted by molar-refractivity contribution is 0.0938. The van der Waals surface area contributed by atoms with Crippen molar-refractivity contribution in [2.24, 2.45) is 0 Å². The molecule has 5 heteroatoms. The van der Waals surface area contributed by atoms with Crippen molar-refractivity contribution in [1.29, 1.82) is 0 Å². The van der Waals surface area contributed by atoms with E-state index in [0.717, 1.165) is 10.0 Å². The van der Waals surface area contributed by atoms with E-state index < -0.39 is 6.04 Å². The maximum atomic E-state index is 12.8. The molecule has 0 saturated carbocycles. The van der Waals surface area contributed by atoms with Crippen molar-refractivity contribution in [3.63, 3.8) is 0 Å². The minimum absolute atomic E-state index is 0.108. The minimum Gasteiger partial charge on any atom is -0.450 e. The Bertz CT molecular complexity index is 960. The lowest BCUT2D eigenvalue weighted by Gasteiger charge is -2.11. The van der Waals surface area contributed by atoms with E-state index in [1.165, 1.54) is 0 Å². The van der Waals surface area contributed by atoms with Gasteiger partial charge in [-0.05, 0) is 29.8 Å². The molecule has 1 atom stereocenters. The molecule has 4 nitrogen and oxygen atoms in total. The van der Waals surface area contributed by atoms with Crippen molar-refractivity contribution in [1.82, 2.24) is 5.32 Å². The molecule has 2 heterocycles. The molecule has 22 heavy (non-hydrogen) atoms. The number of rotatable bonds is 1. The zero-order valence-corrected chi connectivity index (χ0v) is 12.9. The summed E-state index contributed by atoms with van der Waals surface area (Å²) in [6.07, 6.45) is 0. The van der Waals surface area contributed by atoms with E-state index in [0.29, 0.717) is 16.5 Å². The first kappa shape index (κ1) is 13.3. The third-order valence-electron chi connectivity index (χ3n) is 3.81. The Hall–Kier alpha value is -2.40. The standard InChI is InChI=1S/C17H10BrNO3/c18-10-7-5-9(6-8-10)14-13-15(20)11-3-1-2-4-12(11)22-16(13)17(21)19-14/h1-8,14H,(H,19,21). The van der Waals surface area contributed by atoms with E-state index in [-0.39, 0.29) is 17.1 Å². The zero-order chi connectivity index (χ0) is 15.3. The van der Waals surface area contributed by atoms with Crippen LogP contribution in [0.3, 0.4) is 0 Å². The maximum absolute atomic E-state index is 12.8. The highest BCUT2D eigenvalue weighted by atomic mass is 79.9. The summed E-state index contributed by atoms with van der Waals surface area (Å²) in [4.78, 5) is 24.9. The van der Waals surface area contributed by atoms with Crippen LogP contribution < -0.4 is 10.7 Å². The van der Waals surface area contributed by atoms with E-state index in [1.807, 2.05) is 24.3 Å². The van der Waals surface area contributed by atoms with Crippen molar-refractivity contribution >= 4 is 32.8 Å². The van der Waals surface area contributed by atoms with Crippen molar-refractivity contribution < 1.29 is 9.21 Å². The summed E-state index contributed by atoms with van der Waals surface area (Å²) in [5, 5.41) is 3.31. The fraction of sp³-hybridized carbons (Fsp3) is 0.0588. The normalized spacial score (nSPS) is 16.6. The van der Waals surface area contributed by atoms with E-state index in [9.17, 15) is 9.59 Å². The molecule has 0 radical (unpaired) electrons. The number of hydrogen-bond donors (Lipinski definition) is 1. The highest BCUT2D eigenvalue weighted by Crippen LogP contribution is 2.31. The van der Waals surface area contributed by atoms with E-state index >= 15 is 0 Å². The van der Waals surface area contributed by atoms with Crippen LogP contribution in [0.5, 0.6) is 0 Å². The van der Waals surface area contributed by atoms with Crippen LogP contribution in [-0.2, 0) is 0 Å². The van der Waals surface area contributed by atoms with Gasteiger partial charge in [0.1, 0.15) is 5.58 Å². The molecular weight excluding hydrogens is 346 g/mol. The third-order valence-corrected chi connectivity index (χ3v) is 4.34. The molecule has 1 amide bonds. The fourth-order valence-electron chi connectivity index (χ4n) is 2.76. The molecule has 0 bridgehead atoms. The molecular formula is C17H10BrNO3. The van der Waals surface area contributed by atoms with Crippen LogP contribution in [0.1, 0.15) is 27.7 Å². The molecule has 0 saturated heterocycles. The van der Waals surface area contributed by atoms with Gasteiger partial charge in [0.2, 0.25) is 5.76 Å². The molecule has 1 N–H and O–H groups in total. The van der Waals surface area contributed by atoms with Gasteiger partial charge in [-0.1, -0.05) is 40.2 Å². The molecule has 1 unspecified atom stereocenters. The second-order valence-corrected chi connectivity index (χ2v) is 6.04. The summed E-state index contributed by atoms with van der Waals surface area (Å²) < 4.78 is 6.59. The van der Waals surface area contributed by atoms with Crippen LogP contribution in [0.25, 0.3) is 11.0 Å². The van der Waals surface area contributed by atoms with Crippen LogP contribution in [0.15, 0.2) is 62.2 Å². The van der Waals surface area contributed by atoms with Crippen LogP contribution in [-0.4, -0.2) is 5.91 Å². The first-order chi connectivity index (χ1) is 10.6. The summed E-state index contributed by atoms with van der Waals surface area (Å²) >= 11 is 3.38. The first-order valence-corrected chi connectivity index (χ1v) is 7.56. The van der Waals surface area contributed by atoms with Gasteiger partial charge >= 0.3 is 0 Å². The molecule has 0 spiro atoms. The van der Waals surface area contributed by atoms with Gasteiger partial charge in [0, 0.05) is 4.47 Å².